The zero-order valence-corrected chi connectivity index (χ0v) is 11.3. The highest BCUT2D eigenvalue weighted by molar-refractivity contribution is 7.99. The summed E-state index contributed by atoms with van der Waals surface area (Å²) in [7, 11) is 1.29. The maximum atomic E-state index is 11.5. The zero-order valence-electron chi connectivity index (χ0n) is 10.5. The van der Waals surface area contributed by atoms with Crippen molar-refractivity contribution >= 4 is 29.1 Å². The predicted molar refractivity (Wildman–Crippen MR) is 74.0 cm³/mol. The van der Waals surface area contributed by atoms with Crippen molar-refractivity contribution in [1.82, 2.24) is 0 Å². The molecule has 1 heterocycles. The van der Waals surface area contributed by atoms with Crippen molar-refractivity contribution in [3.8, 4) is 0 Å². The van der Waals surface area contributed by atoms with Crippen LogP contribution in [0.4, 0.5) is 11.4 Å². The Balaban J connectivity index is 2.40. The number of ether oxygens (including phenoxy) is 1. The second-order valence-electron chi connectivity index (χ2n) is 4.05. The number of benzene rings is 1. The lowest BCUT2D eigenvalue weighted by Gasteiger charge is -2.28. The molecule has 102 valence electrons. The van der Waals surface area contributed by atoms with E-state index < -0.39 is 10.9 Å². The van der Waals surface area contributed by atoms with Gasteiger partial charge in [0.15, 0.2) is 0 Å². The van der Waals surface area contributed by atoms with Crippen molar-refractivity contribution in [2.75, 3.05) is 36.6 Å². The van der Waals surface area contributed by atoms with Crippen LogP contribution < -0.4 is 4.90 Å². The quantitative estimate of drug-likeness (QED) is 0.479. The van der Waals surface area contributed by atoms with E-state index in [4.69, 9.17) is 0 Å². The predicted octanol–water partition coefficient (Wildman–Crippen LogP) is 1.93. The fraction of sp³-hybridized carbons (Fsp3) is 0.417. The Morgan fingerprint density at radius 2 is 2.11 bits per heavy atom. The summed E-state index contributed by atoms with van der Waals surface area (Å²) < 4.78 is 4.65. The van der Waals surface area contributed by atoms with Gasteiger partial charge in [0.2, 0.25) is 0 Å². The molecular formula is C12H14N2O4S. The first-order valence-corrected chi connectivity index (χ1v) is 6.98. The monoisotopic (exact) mass is 282 g/mol. The van der Waals surface area contributed by atoms with E-state index in [1.165, 1.54) is 19.2 Å². The highest BCUT2D eigenvalue weighted by atomic mass is 32.2. The minimum Gasteiger partial charge on any atom is -0.465 e. The van der Waals surface area contributed by atoms with Crippen LogP contribution in [0.5, 0.6) is 0 Å². The van der Waals surface area contributed by atoms with Crippen LogP contribution >= 0.6 is 11.8 Å². The SMILES string of the molecule is COC(=O)c1ccc([N+](=O)[O-])c(N2CCSCC2)c1. The van der Waals surface area contributed by atoms with Crippen LogP contribution in [0.25, 0.3) is 0 Å². The summed E-state index contributed by atoms with van der Waals surface area (Å²) in [5.74, 6) is 1.38. The smallest absolute Gasteiger partial charge is 0.337 e. The average molecular weight is 282 g/mol. The Kier molecular flexibility index (Phi) is 4.26. The van der Waals surface area contributed by atoms with Gasteiger partial charge in [-0.2, -0.15) is 11.8 Å². The normalized spacial score (nSPS) is 15.1. The molecule has 1 aliphatic heterocycles. The molecule has 1 aromatic carbocycles. The fourth-order valence-electron chi connectivity index (χ4n) is 1.98. The van der Waals surface area contributed by atoms with E-state index >= 15 is 0 Å². The Morgan fingerprint density at radius 1 is 1.42 bits per heavy atom. The summed E-state index contributed by atoms with van der Waals surface area (Å²) in [4.78, 5) is 24.1. The van der Waals surface area contributed by atoms with Gasteiger partial charge >= 0.3 is 5.97 Å². The molecule has 0 bridgehead atoms. The van der Waals surface area contributed by atoms with Crippen LogP contribution in [0.3, 0.4) is 0 Å². The van der Waals surface area contributed by atoms with E-state index in [-0.39, 0.29) is 5.69 Å². The number of nitrogens with zero attached hydrogens (tertiary/aromatic N) is 2. The summed E-state index contributed by atoms with van der Waals surface area (Å²) in [5.41, 5.74) is 0.856. The van der Waals surface area contributed by atoms with Crippen LogP contribution in [0.2, 0.25) is 0 Å². The topological polar surface area (TPSA) is 72.7 Å². The summed E-state index contributed by atoms with van der Waals surface area (Å²) in [6.07, 6.45) is 0. The molecule has 0 aromatic heterocycles. The van der Waals surface area contributed by atoms with Crippen molar-refractivity contribution < 1.29 is 14.5 Å². The standard InChI is InChI=1S/C12H14N2O4S/c1-18-12(15)9-2-3-10(14(16)17)11(8-9)13-4-6-19-7-5-13/h2-3,8H,4-7H2,1H3. The first-order valence-electron chi connectivity index (χ1n) is 5.83. The third kappa shape index (κ3) is 2.98. The van der Waals surface area contributed by atoms with Crippen molar-refractivity contribution in [3.05, 3.63) is 33.9 Å². The molecule has 0 spiro atoms. The number of rotatable bonds is 3. The number of nitro benzene ring substituents is 1. The lowest BCUT2D eigenvalue weighted by molar-refractivity contribution is -0.384. The van der Waals surface area contributed by atoms with E-state index in [1.54, 1.807) is 6.07 Å². The molecule has 6 nitrogen and oxygen atoms in total. The summed E-state index contributed by atoms with van der Waals surface area (Å²) in [6.45, 7) is 1.49. The Bertz CT molecular complexity index is 501. The van der Waals surface area contributed by atoms with E-state index in [0.717, 1.165) is 24.6 Å². The number of carbonyl (C=O) groups is 1. The van der Waals surface area contributed by atoms with E-state index in [2.05, 4.69) is 4.74 Å². The van der Waals surface area contributed by atoms with Gasteiger partial charge in [-0.15, -0.1) is 0 Å². The molecule has 0 aliphatic carbocycles. The molecule has 1 fully saturated rings. The van der Waals surface area contributed by atoms with Gasteiger partial charge in [0.25, 0.3) is 5.69 Å². The third-order valence-electron chi connectivity index (χ3n) is 2.94. The number of carbonyl (C=O) groups excluding carboxylic acids is 1. The molecule has 0 atom stereocenters. The van der Waals surface area contributed by atoms with Crippen LogP contribution in [0.1, 0.15) is 10.4 Å². The number of nitro groups is 1. The summed E-state index contributed by atoms with van der Waals surface area (Å²) in [6, 6.07) is 4.33. The molecule has 2 rings (SSSR count). The Morgan fingerprint density at radius 3 is 2.68 bits per heavy atom. The minimum atomic E-state index is -0.484. The highest BCUT2D eigenvalue weighted by Gasteiger charge is 2.23. The molecule has 1 aliphatic rings. The first kappa shape index (κ1) is 13.7. The molecule has 0 saturated carbocycles. The second kappa shape index (κ2) is 5.92. The molecular weight excluding hydrogens is 268 g/mol. The van der Waals surface area contributed by atoms with Crippen LogP contribution in [-0.4, -0.2) is 42.6 Å². The number of hydrogen-bond acceptors (Lipinski definition) is 6. The molecule has 0 N–H and O–H groups in total. The summed E-state index contributed by atoms with van der Waals surface area (Å²) >= 11 is 1.82. The maximum absolute atomic E-state index is 11.5. The van der Waals surface area contributed by atoms with E-state index in [1.807, 2.05) is 16.7 Å². The van der Waals surface area contributed by atoms with Crippen LogP contribution in [-0.2, 0) is 4.74 Å². The van der Waals surface area contributed by atoms with Gasteiger partial charge in [-0.05, 0) is 12.1 Å². The van der Waals surface area contributed by atoms with E-state index in [9.17, 15) is 14.9 Å². The zero-order chi connectivity index (χ0) is 13.8. The van der Waals surface area contributed by atoms with Gasteiger partial charge in [0.05, 0.1) is 17.6 Å². The summed E-state index contributed by atoms with van der Waals surface area (Å²) in [5, 5.41) is 11.1. The van der Waals surface area contributed by atoms with Gasteiger partial charge in [0, 0.05) is 30.7 Å². The lowest BCUT2D eigenvalue weighted by Crippen LogP contribution is -2.33. The largest absolute Gasteiger partial charge is 0.465 e. The van der Waals surface area contributed by atoms with Crippen molar-refractivity contribution in [2.24, 2.45) is 0 Å². The third-order valence-corrected chi connectivity index (χ3v) is 3.89. The number of thioether (sulfide) groups is 1. The fourth-order valence-corrected chi connectivity index (χ4v) is 2.88. The second-order valence-corrected chi connectivity index (χ2v) is 5.28. The average Bonchev–Trinajstić information content (AvgIpc) is 2.46. The molecule has 1 saturated heterocycles. The molecule has 0 unspecified atom stereocenters. The number of anilines is 1. The van der Waals surface area contributed by atoms with Gasteiger partial charge in [0.1, 0.15) is 5.69 Å². The van der Waals surface area contributed by atoms with Crippen molar-refractivity contribution in [1.29, 1.82) is 0 Å². The van der Waals surface area contributed by atoms with E-state index in [0.29, 0.717) is 11.3 Å². The van der Waals surface area contributed by atoms with Gasteiger partial charge in [-0.1, -0.05) is 0 Å². The molecule has 19 heavy (non-hydrogen) atoms. The van der Waals surface area contributed by atoms with Crippen molar-refractivity contribution in [2.45, 2.75) is 0 Å². The van der Waals surface area contributed by atoms with Crippen LogP contribution in [0.15, 0.2) is 18.2 Å². The lowest BCUT2D eigenvalue weighted by atomic mass is 10.1. The van der Waals surface area contributed by atoms with Gasteiger partial charge < -0.3 is 9.64 Å². The number of hydrogen-bond donors (Lipinski definition) is 0. The van der Waals surface area contributed by atoms with Crippen LogP contribution in [0, 0.1) is 10.1 Å². The molecule has 0 amide bonds. The Labute approximate surface area is 114 Å². The molecule has 1 aromatic rings. The van der Waals surface area contributed by atoms with Gasteiger partial charge in [-0.3, -0.25) is 10.1 Å². The maximum Gasteiger partial charge on any atom is 0.337 e. The highest BCUT2D eigenvalue weighted by Crippen LogP contribution is 2.31. The number of esters is 1. The molecule has 0 radical (unpaired) electrons. The minimum absolute atomic E-state index is 0.0274. The van der Waals surface area contributed by atoms with Gasteiger partial charge in [-0.25, -0.2) is 4.79 Å². The Hall–Kier alpha value is -1.76. The molecule has 7 heteroatoms. The first-order chi connectivity index (χ1) is 9.13. The number of methoxy groups -OCH3 is 1. The van der Waals surface area contributed by atoms with Crippen molar-refractivity contribution in [3.63, 3.8) is 0 Å².